The van der Waals surface area contributed by atoms with Gasteiger partial charge in [-0.2, -0.15) is 0 Å². The van der Waals surface area contributed by atoms with Gasteiger partial charge in [-0.3, -0.25) is 0 Å². The summed E-state index contributed by atoms with van der Waals surface area (Å²) < 4.78 is 0.582. The molecule has 0 aliphatic heterocycles. The molecule has 0 bridgehead atoms. The molecule has 0 radical (unpaired) electrons. The third-order valence-corrected chi connectivity index (χ3v) is 5.64. The molecule has 3 rings (SSSR count). The second kappa shape index (κ2) is 5.45. The molecule has 1 heteroatoms. The molecule has 0 spiro atoms. The van der Waals surface area contributed by atoms with E-state index in [1.54, 1.807) is 30.3 Å². The van der Waals surface area contributed by atoms with Gasteiger partial charge in [-0.1, -0.05) is 0 Å². The van der Waals surface area contributed by atoms with Crippen LogP contribution in [0.25, 0.3) is 11.6 Å². The Morgan fingerprint density at radius 3 is 2.35 bits per heavy atom. The fraction of sp³-hybridized carbons (Fsp3) is 0.263. The van der Waals surface area contributed by atoms with E-state index in [2.05, 4.69) is 69.3 Å². The van der Waals surface area contributed by atoms with Crippen LogP contribution in [0.2, 0.25) is 0 Å². The average Bonchev–Trinajstić information content (AvgIpc) is 2.78. The Balaban J connectivity index is 2.17. The van der Waals surface area contributed by atoms with Crippen LogP contribution in [0.4, 0.5) is 0 Å². The van der Waals surface area contributed by atoms with Crippen molar-refractivity contribution in [3.05, 3.63) is 70.3 Å². The van der Waals surface area contributed by atoms with E-state index in [1.807, 2.05) is 0 Å². The molecule has 1 atom stereocenters. The zero-order valence-corrected chi connectivity index (χ0v) is 14.7. The summed E-state index contributed by atoms with van der Waals surface area (Å²) in [6.07, 6.45) is 2.44. The first-order chi connectivity index (χ1) is 9.59. The molecule has 20 heavy (non-hydrogen) atoms. The molecular formula is C19H19Zr. The van der Waals surface area contributed by atoms with E-state index < -0.39 is 0 Å². The van der Waals surface area contributed by atoms with E-state index in [0.717, 1.165) is 0 Å². The second-order valence-corrected chi connectivity index (χ2v) is 7.27. The summed E-state index contributed by atoms with van der Waals surface area (Å²) in [5, 5.41) is 0. The first kappa shape index (κ1) is 14.0. The summed E-state index contributed by atoms with van der Waals surface area (Å²) >= 11 is 1.58. The van der Waals surface area contributed by atoms with Crippen molar-refractivity contribution in [2.75, 3.05) is 0 Å². The van der Waals surface area contributed by atoms with Gasteiger partial charge < -0.3 is 0 Å². The zero-order valence-electron chi connectivity index (χ0n) is 12.3. The number of fused-ring (bicyclic) bond motifs is 1. The van der Waals surface area contributed by atoms with Crippen LogP contribution in [0.3, 0.4) is 0 Å². The number of allylic oxidation sites excluding steroid dienone is 1. The summed E-state index contributed by atoms with van der Waals surface area (Å²) in [5.41, 5.74) is 8.85. The van der Waals surface area contributed by atoms with Crippen molar-refractivity contribution in [3.63, 3.8) is 0 Å². The number of hydrogen-bond donors (Lipinski definition) is 0. The number of rotatable bonds is 2. The topological polar surface area (TPSA) is 0 Å². The predicted octanol–water partition coefficient (Wildman–Crippen LogP) is 5.26. The fourth-order valence-electron chi connectivity index (χ4n) is 3.08. The van der Waals surface area contributed by atoms with Gasteiger partial charge in [-0.05, 0) is 0 Å². The van der Waals surface area contributed by atoms with Crippen molar-refractivity contribution >= 4 is 11.6 Å². The van der Waals surface area contributed by atoms with Crippen LogP contribution in [0.5, 0.6) is 0 Å². The molecule has 0 saturated heterocycles. The Hall–Kier alpha value is -0.937. The Kier molecular flexibility index (Phi) is 3.82. The maximum absolute atomic E-state index is 2.44. The van der Waals surface area contributed by atoms with Gasteiger partial charge in [0.15, 0.2) is 0 Å². The van der Waals surface area contributed by atoms with Gasteiger partial charge in [-0.25, -0.2) is 0 Å². The predicted molar refractivity (Wildman–Crippen MR) is 82.3 cm³/mol. The molecule has 0 nitrogen and oxygen atoms in total. The van der Waals surface area contributed by atoms with Gasteiger partial charge in [0.05, 0.1) is 0 Å². The summed E-state index contributed by atoms with van der Waals surface area (Å²) in [6.45, 7) is 6.83. The van der Waals surface area contributed by atoms with Crippen LogP contribution in [0.1, 0.15) is 51.2 Å². The molecule has 1 aliphatic rings. The zero-order chi connectivity index (χ0) is 14.3. The Morgan fingerprint density at radius 2 is 1.70 bits per heavy atom. The van der Waals surface area contributed by atoms with Crippen molar-refractivity contribution in [2.45, 2.75) is 30.3 Å². The third kappa shape index (κ3) is 2.27. The Bertz CT molecular complexity index is 666. The van der Waals surface area contributed by atoms with Crippen LogP contribution in [0, 0.1) is 6.92 Å². The van der Waals surface area contributed by atoms with E-state index in [9.17, 15) is 0 Å². The van der Waals surface area contributed by atoms with Gasteiger partial charge in [-0.15, -0.1) is 0 Å². The molecule has 0 heterocycles. The van der Waals surface area contributed by atoms with Crippen LogP contribution in [-0.4, -0.2) is 0 Å². The van der Waals surface area contributed by atoms with Gasteiger partial charge in [0, 0.05) is 0 Å². The summed E-state index contributed by atoms with van der Waals surface area (Å²) in [5.74, 6) is 0.582. The molecule has 99 valence electrons. The molecule has 0 amide bonds. The van der Waals surface area contributed by atoms with Crippen molar-refractivity contribution in [2.24, 2.45) is 0 Å². The molecule has 2 aromatic rings. The summed E-state index contributed by atoms with van der Waals surface area (Å²) in [4.78, 5) is 0. The van der Waals surface area contributed by atoms with Crippen molar-refractivity contribution < 1.29 is 24.7 Å². The van der Waals surface area contributed by atoms with E-state index in [-0.39, 0.29) is 0 Å². The van der Waals surface area contributed by atoms with E-state index in [4.69, 9.17) is 0 Å². The standard InChI is InChI=1S/C19H19.Zr/c1-13(2)17-10-9-14(3)18-11-16(12-19(17)18)15-7-5-4-6-8-15;/h4-13H,1-3H3;. The summed E-state index contributed by atoms with van der Waals surface area (Å²) in [7, 11) is 0. The van der Waals surface area contributed by atoms with Gasteiger partial charge in [0.1, 0.15) is 0 Å². The molecular weight excluding hydrogens is 319 g/mol. The SMILES string of the molecule is Cc1ccc(C(C)C)c2c1[CH]([Zr])C(c1ccccc1)=C2. The maximum atomic E-state index is 2.44. The molecule has 2 aromatic carbocycles. The third-order valence-electron chi connectivity index (χ3n) is 4.17. The minimum atomic E-state index is 0.582. The second-order valence-electron chi connectivity index (χ2n) is 5.85. The van der Waals surface area contributed by atoms with E-state index in [0.29, 0.717) is 9.54 Å². The molecule has 1 unspecified atom stereocenters. The van der Waals surface area contributed by atoms with Gasteiger partial charge >= 0.3 is 137 Å². The number of aryl methyl sites for hydroxylation is 1. The van der Waals surface area contributed by atoms with Crippen molar-refractivity contribution in [3.8, 4) is 0 Å². The van der Waals surface area contributed by atoms with Crippen LogP contribution >= 0.6 is 0 Å². The number of benzene rings is 2. The summed E-state index contributed by atoms with van der Waals surface area (Å²) in [6, 6.07) is 15.4. The first-order valence-corrected chi connectivity index (χ1v) is 8.63. The van der Waals surface area contributed by atoms with Gasteiger partial charge in [0.2, 0.25) is 0 Å². The van der Waals surface area contributed by atoms with Crippen LogP contribution < -0.4 is 0 Å². The molecule has 1 aliphatic carbocycles. The monoisotopic (exact) mass is 337 g/mol. The quantitative estimate of drug-likeness (QED) is 0.700. The van der Waals surface area contributed by atoms with Crippen molar-refractivity contribution in [1.82, 2.24) is 0 Å². The van der Waals surface area contributed by atoms with Crippen molar-refractivity contribution in [1.29, 1.82) is 0 Å². The normalized spacial score (nSPS) is 17.1. The van der Waals surface area contributed by atoms with Gasteiger partial charge in [0.25, 0.3) is 0 Å². The van der Waals surface area contributed by atoms with Crippen LogP contribution in [0.15, 0.2) is 42.5 Å². The molecule has 0 N–H and O–H groups in total. The van der Waals surface area contributed by atoms with Crippen LogP contribution in [-0.2, 0) is 24.7 Å². The molecule has 0 saturated carbocycles. The van der Waals surface area contributed by atoms with E-state index >= 15 is 0 Å². The Labute approximate surface area is 136 Å². The fourth-order valence-corrected chi connectivity index (χ4v) is 4.64. The number of hydrogen-bond acceptors (Lipinski definition) is 0. The average molecular weight is 339 g/mol. The van der Waals surface area contributed by atoms with E-state index in [1.165, 1.54) is 27.8 Å². The first-order valence-electron chi connectivity index (χ1n) is 7.21. The molecule has 0 fully saturated rings. The molecule has 0 aromatic heterocycles. The Morgan fingerprint density at radius 1 is 1.00 bits per heavy atom. The minimum absolute atomic E-state index is 0.582.